The predicted molar refractivity (Wildman–Crippen MR) is 104 cm³/mol. The van der Waals surface area contributed by atoms with Gasteiger partial charge in [0.1, 0.15) is 5.82 Å². The summed E-state index contributed by atoms with van der Waals surface area (Å²) in [5, 5.41) is 8.35. The van der Waals surface area contributed by atoms with Crippen LogP contribution in [-0.4, -0.2) is 35.3 Å². The lowest BCUT2D eigenvalue weighted by molar-refractivity contribution is -0.0760. The Morgan fingerprint density at radius 3 is 2.64 bits per heavy atom. The van der Waals surface area contributed by atoms with Crippen molar-refractivity contribution in [1.82, 2.24) is 15.3 Å². The topological polar surface area (TPSA) is 58.2 Å². The summed E-state index contributed by atoms with van der Waals surface area (Å²) < 4.78 is 14.0. The Kier molecular flexibility index (Phi) is 4.57. The van der Waals surface area contributed by atoms with Gasteiger partial charge in [-0.3, -0.25) is 14.7 Å². The van der Waals surface area contributed by atoms with Crippen molar-refractivity contribution in [1.29, 1.82) is 0 Å². The molecule has 0 fully saturated rings. The van der Waals surface area contributed by atoms with Crippen LogP contribution in [0.1, 0.15) is 32.9 Å². The minimum absolute atomic E-state index is 0.283. The second kappa shape index (κ2) is 7.05. The Labute approximate surface area is 162 Å². The largest absolute Gasteiger partial charge is 0.298 e. The van der Waals surface area contributed by atoms with Gasteiger partial charge in [0.2, 0.25) is 0 Å². The summed E-state index contributed by atoms with van der Waals surface area (Å²) in [4.78, 5) is 17.5. The fourth-order valence-electron chi connectivity index (χ4n) is 3.72. The van der Waals surface area contributed by atoms with Gasteiger partial charge in [-0.1, -0.05) is 54.6 Å². The summed E-state index contributed by atoms with van der Waals surface area (Å²) in [7, 11) is 2.97. The summed E-state index contributed by atoms with van der Waals surface area (Å²) >= 11 is 0. The first-order valence-electron chi connectivity index (χ1n) is 8.95. The number of H-pyrrole nitrogens is 1. The lowest BCUT2D eigenvalue weighted by atomic mass is 9.68. The first-order valence-corrected chi connectivity index (χ1v) is 8.95. The average molecular weight is 377 g/mol. The van der Waals surface area contributed by atoms with E-state index in [0.29, 0.717) is 12.1 Å². The number of aromatic amines is 1. The number of aromatic nitrogens is 2. The molecule has 3 aromatic rings. The molecule has 0 aliphatic heterocycles. The van der Waals surface area contributed by atoms with Crippen molar-refractivity contribution < 1.29 is 14.0 Å². The van der Waals surface area contributed by atoms with Crippen LogP contribution >= 0.6 is 0 Å². The summed E-state index contributed by atoms with van der Waals surface area (Å²) in [6, 6.07) is 16.6. The van der Waals surface area contributed by atoms with E-state index in [2.05, 4.69) is 10.2 Å². The van der Waals surface area contributed by atoms with E-state index in [1.807, 2.05) is 48.6 Å². The number of amides is 1. The molecule has 0 saturated carbocycles. The van der Waals surface area contributed by atoms with Crippen molar-refractivity contribution in [2.45, 2.75) is 11.8 Å². The third-order valence-corrected chi connectivity index (χ3v) is 5.26. The van der Waals surface area contributed by atoms with E-state index in [4.69, 9.17) is 4.84 Å². The molecular formula is C22H20FN3O2. The first-order chi connectivity index (χ1) is 13.5. The SMILES string of the molecule is CON(C)C(=O)c1n[nH]c2c1C=CC(c1ccccc1)(c1cccc(F)c1)C2. The lowest BCUT2D eigenvalue weighted by Gasteiger charge is -2.34. The number of halogens is 1. The standard InChI is InChI=1S/C22H20FN3O2/c1-26(28-2)21(27)20-18-11-12-22(14-19(18)24-25-20,15-7-4-3-5-8-15)16-9-6-10-17(23)13-16/h3-13H,14H2,1-2H3,(H,24,25). The number of rotatable bonds is 4. The molecule has 0 radical (unpaired) electrons. The highest BCUT2D eigenvalue weighted by atomic mass is 19.1. The van der Waals surface area contributed by atoms with Gasteiger partial charge < -0.3 is 0 Å². The number of benzene rings is 2. The average Bonchev–Trinajstić information content (AvgIpc) is 3.16. The number of nitrogens with zero attached hydrogens (tertiary/aromatic N) is 2. The molecular weight excluding hydrogens is 357 g/mol. The van der Waals surface area contributed by atoms with Crippen molar-refractivity contribution in [3.63, 3.8) is 0 Å². The van der Waals surface area contributed by atoms with Crippen molar-refractivity contribution >= 4 is 12.0 Å². The fourth-order valence-corrected chi connectivity index (χ4v) is 3.72. The van der Waals surface area contributed by atoms with E-state index in [1.165, 1.54) is 20.2 Å². The van der Waals surface area contributed by atoms with Crippen molar-refractivity contribution in [2.75, 3.05) is 14.2 Å². The number of fused-ring (bicyclic) bond motifs is 1. The van der Waals surface area contributed by atoms with Crippen LogP contribution in [0, 0.1) is 5.82 Å². The highest BCUT2D eigenvalue weighted by Crippen LogP contribution is 2.41. The quantitative estimate of drug-likeness (QED) is 0.705. The van der Waals surface area contributed by atoms with Crippen LogP contribution in [0.2, 0.25) is 0 Å². The van der Waals surface area contributed by atoms with Crippen molar-refractivity contribution in [3.05, 3.63) is 94.6 Å². The molecule has 1 heterocycles. The number of carbonyl (C=O) groups is 1. The smallest absolute Gasteiger partial charge is 0.281 e. The van der Waals surface area contributed by atoms with Crippen LogP contribution in [-0.2, 0) is 16.7 Å². The Morgan fingerprint density at radius 2 is 1.93 bits per heavy atom. The summed E-state index contributed by atoms with van der Waals surface area (Å²) in [6.45, 7) is 0. The molecule has 142 valence electrons. The van der Waals surface area contributed by atoms with Crippen LogP contribution in [0.5, 0.6) is 0 Å². The van der Waals surface area contributed by atoms with E-state index >= 15 is 0 Å². The van der Waals surface area contributed by atoms with Crippen molar-refractivity contribution in [3.8, 4) is 0 Å². The number of nitrogens with one attached hydrogen (secondary N) is 1. The van der Waals surface area contributed by atoms with Gasteiger partial charge in [-0.2, -0.15) is 5.10 Å². The normalized spacial score (nSPS) is 18.0. The maximum atomic E-state index is 14.0. The minimum atomic E-state index is -0.559. The Hall–Kier alpha value is -3.25. The number of allylic oxidation sites excluding steroid dienone is 1. The molecule has 28 heavy (non-hydrogen) atoms. The third kappa shape index (κ3) is 2.92. The maximum Gasteiger partial charge on any atom is 0.298 e. The van der Waals surface area contributed by atoms with Gasteiger partial charge in [0.05, 0.1) is 7.11 Å². The zero-order valence-corrected chi connectivity index (χ0v) is 15.6. The monoisotopic (exact) mass is 377 g/mol. The molecule has 1 amide bonds. The van der Waals surface area contributed by atoms with Crippen LogP contribution in [0.3, 0.4) is 0 Å². The Bertz CT molecular complexity index is 1040. The molecule has 1 atom stereocenters. The molecule has 4 rings (SSSR count). The number of hydrogen-bond donors (Lipinski definition) is 1. The van der Waals surface area contributed by atoms with E-state index in [0.717, 1.165) is 27.4 Å². The number of hydroxylamine groups is 2. The third-order valence-electron chi connectivity index (χ3n) is 5.26. The minimum Gasteiger partial charge on any atom is -0.281 e. The van der Waals surface area contributed by atoms with Crippen LogP contribution < -0.4 is 0 Å². The van der Waals surface area contributed by atoms with Crippen LogP contribution in [0.4, 0.5) is 4.39 Å². The van der Waals surface area contributed by atoms with Gasteiger partial charge in [0.25, 0.3) is 5.91 Å². The molecule has 1 aliphatic rings. The lowest BCUT2D eigenvalue weighted by Crippen LogP contribution is -2.31. The van der Waals surface area contributed by atoms with E-state index in [-0.39, 0.29) is 11.7 Å². The number of hydrogen-bond acceptors (Lipinski definition) is 3. The molecule has 1 aromatic heterocycles. The highest BCUT2D eigenvalue weighted by Gasteiger charge is 2.37. The zero-order chi connectivity index (χ0) is 19.7. The van der Waals surface area contributed by atoms with Gasteiger partial charge in [-0.25, -0.2) is 9.45 Å². The van der Waals surface area contributed by atoms with Crippen LogP contribution in [0.25, 0.3) is 6.08 Å². The zero-order valence-electron chi connectivity index (χ0n) is 15.6. The van der Waals surface area contributed by atoms with E-state index in [9.17, 15) is 9.18 Å². The maximum absolute atomic E-state index is 14.0. The molecule has 6 heteroatoms. The first kappa shape index (κ1) is 18.1. The van der Waals surface area contributed by atoms with Gasteiger partial charge in [0, 0.05) is 30.1 Å². The van der Waals surface area contributed by atoms with Gasteiger partial charge >= 0.3 is 0 Å². The van der Waals surface area contributed by atoms with Crippen molar-refractivity contribution in [2.24, 2.45) is 0 Å². The van der Waals surface area contributed by atoms with Gasteiger partial charge in [-0.15, -0.1) is 0 Å². The molecule has 1 N–H and O–H groups in total. The number of carbonyl (C=O) groups excluding carboxylic acids is 1. The Balaban J connectivity index is 1.84. The van der Waals surface area contributed by atoms with E-state index < -0.39 is 5.41 Å². The molecule has 1 unspecified atom stereocenters. The second-order valence-corrected chi connectivity index (χ2v) is 6.81. The molecule has 0 bridgehead atoms. The Morgan fingerprint density at radius 1 is 1.18 bits per heavy atom. The second-order valence-electron chi connectivity index (χ2n) is 6.81. The van der Waals surface area contributed by atoms with Crippen LogP contribution in [0.15, 0.2) is 60.7 Å². The molecule has 2 aromatic carbocycles. The molecule has 0 spiro atoms. The van der Waals surface area contributed by atoms with Gasteiger partial charge in [-0.05, 0) is 23.3 Å². The predicted octanol–water partition coefficient (Wildman–Crippen LogP) is 3.74. The summed E-state index contributed by atoms with van der Waals surface area (Å²) in [5.41, 5.74) is 3.18. The molecule has 0 saturated heterocycles. The summed E-state index contributed by atoms with van der Waals surface area (Å²) in [5.74, 6) is -0.614. The molecule has 5 nitrogen and oxygen atoms in total. The van der Waals surface area contributed by atoms with Gasteiger partial charge in [0.15, 0.2) is 5.69 Å². The highest BCUT2D eigenvalue weighted by molar-refractivity contribution is 5.96. The molecule has 1 aliphatic carbocycles. The summed E-state index contributed by atoms with van der Waals surface area (Å²) in [6.07, 6.45) is 4.44. The fraction of sp³-hybridized carbons (Fsp3) is 0.182. The van der Waals surface area contributed by atoms with E-state index in [1.54, 1.807) is 12.1 Å².